The zero-order valence-electron chi connectivity index (χ0n) is 10.6. The standard InChI is InChI=1S/C14H21NO2S/c16-12(13-7-4-10-18-13)8-9-14(17)15-11-5-2-1-3-6-11/h4,7,10-12,16H,1-3,5-6,8-9H2,(H,15,17). The molecule has 100 valence electrons. The van der Waals surface area contributed by atoms with Gasteiger partial charge in [-0.05, 0) is 30.7 Å². The third-order valence-corrected chi connectivity index (χ3v) is 4.46. The Morgan fingerprint density at radius 3 is 2.89 bits per heavy atom. The van der Waals surface area contributed by atoms with Gasteiger partial charge in [-0.25, -0.2) is 0 Å². The Morgan fingerprint density at radius 2 is 2.22 bits per heavy atom. The molecule has 4 heteroatoms. The van der Waals surface area contributed by atoms with E-state index in [2.05, 4.69) is 5.32 Å². The number of carbonyl (C=O) groups is 1. The van der Waals surface area contributed by atoms with Crippen molar-refractivity contribution in [3.05, 3.63) is 22.4 Å². The van der Waals surface area contributed by atoms with Crippen LogP contribution in [-0.4, -0.2) is 17.1 Å². The molecule has 0 saturated heterocycles. The van der Waals surface area contributed by atoms with Crippen molar-refractivity contribution in [2.24, 2.45) is 0 Å². The Labute approximate surface area is 112 Å². The molecule has 0 bridgehead atoms. The molecule has 1 fully saturated rings. The zero-order valence-corrected chi connectivity index (χ0v) is 11.4. The van der Waals surface area contributed by atoms with E-state index in [9.17, 15) is 9.90 Å². The molecule has 1 aromatic heterocycles. The molecule has 1 atom stereocenters. The third-order valence-electron chi connectivity index (χ3n) is 3.49. The molecule has 0 spiro atoms. The van der Waals surface area contributed by atoms with Crippen LogP contribution in [0.3, 0.4) is 0 Å². The number of hydrogen-bond donors (Lipinski definition) is 2. The molecule has 1 unspecified atom stereocenters. The molecular weight excluding hydrogens is 246 g/mol. The van der Waals surface area contributed by atoms with Gasteiger partial charge in [-0.3, -0.25) is 4.79 Å². The van der Waals surface area contributed by atoms with E-state index in [0.29, 0.717) is 18.9 Å². The van der Waals surface area contributed by atoms with Crippen molar-refractivity contribution in [2.75, 3.05) is 0 Å². The van der Waals surface area contributed by atoms with E-state index in [4.69, 9.17) is 0 Å². The lowest BCUT2D eigenvalue weighted by Gasteiger charge is -2.22. The zero-order chi connectivity index (χ0) is 12.8. The fraction of sp³-hybridized carbons (Fsp3) is 0.643. The molecule has 2 N–H and O–H groups in total. The summed E-state index contributed by atoms with van der Waals surface area (Å²) in [5.74, 6) is 0.0810. The lowest BCUT2D eigenvalue weighted by atomic mass is 9.95. The van der Waals surface area contributed by atoms with Gasteiger partial charge in [0.1, 0.15) is 0 Å². The van der Waals surface area contributed by atoms with Crippen LogP contribution >= 0.6 is 11.3 Å². The van der Waals surface area contributed by atoms with E-state index < -0.39 is 6.10 Å². The highest BCUT2D eigenvalue weighted by Gasteiger charge is 2.17. The molecule has 1 aliphatic carbocycles. The predicted molar refractivity (Wildman–Crippen MR) is 73.5 cm³/mol. The first kappa shape index (κ1) is 13.6. The van der Waals surface area contributed by atoms with Crippen LogP contribution in [-0.2, 0) is 4.79 Å². The van der Waals surface area contributed by atoms with Crippen LogP contribution in [0.4, 0.5) is 0 Å². The fourth-order valence-corrected chi connectivity index (χ4v) is 3.18. The van der Waals surface area contributed by atoms with Crippen molar-refractivity contribution < 1.29 is 9.90 Å². The number of rotatable bonds is 5. The lowest BCUT2D eigenvalue weighted by Crippen LogP contribution is -2.36. The maximum Gasteiger partial charge on any atom is 0.220 e. The second-order valence-electron chi connectivity index (χ2n) is 4.97. The molecule has 1 amide bonds. The van der Waals surface area contributed by atoms with Gasteiger partial charge in [-0.15, -0.1) is 11.3 Å². The summed E-state index contributed by atoms with van der Waals surface area (Å²) in [6, 6.07) is 4.20. The summed E-state index contributed by atoms with van der Waals surface area (Å²) in [5, 5.41) is 14.9. The van der Waals surface area contributed by atoms with Gasteiger partial charge >= 0.3 is 0 Å². The highest BCUT2D eigenvalue weighted by molar-refractivity contribution is 7.10. The Morgan fingerprint density at radius 1 is 1.44 bits per heavy atom. The first-order valence-electron chi connectivity index (χ1n) is 6.76. The van der Waals surface area contributed by atoms with E-state index in [0.717, 1.165) is 17.7 Å². The topological polar surface area (TPSA) is 49.3 Å². The predicted octanol–water partition coefficient (Wildman–Crippen LogP) is 3.01. The average molecular weight is 267 g/mol. The normalized spacial score (nSPS) is 18.5. The summed E-state index contributed by atoms with van der Waals surface area (Å²) in [5.41, 5.74) is 0. The molecule has 0 aromatic carbocycles. The number of hydrogen-bond acceptors (Lipinski definition) is 3. The number of carbonyl (C=O) groups excluding carboxylic acids is 1. The van der Waals surface area contributed by atoms with Gasteiger partial charge in [0.2, 0.25) is 5.91 Å². The summed E-state index contributed by atoms with van der Waals surface area (Å²) in [6.07, 6.45) is 6.39. The maximum absolute atomic E-state index is 11.8. The van der Waals surface area contributed by atoms with Gasteiger partial charge in [0.25, 0.3) is 0 Å². The molecule has 3 nitrogen and oxygen atoms in total. The van der Waals surface area contributed by atoms with E-state index in [1.54, 1.807) is 0 Å². The van der Waals surface area contributed by atoms with Crippen LogP contribution in [0.2, 0.25) is 0 Å². The summed E-state index contributed by atoms with van der Waals surface area (Å²) >= 11 is 1.54. The highest BCUT2D eigenvalue weighted by Crippen LogP contribution is 2.23. The van der Waals surface area contributed by atoms with Crippen molar-refractivity contribution in [3.8, 4) is 0 Å². The van der Waals surface area contributed by atoms with Gasteiger partial charge < -0.3 is 10.4 Å². The number of aliphatic hydroxyl groups excluding tert-OH is 1. The monoisotopic (exact) mass is 267 g/mol. The largest absolute Gasteiger partial charge is 0.388 e. The quantitative estimate of drug-likeness (QED) is 0.861. The van der Waals surface area contributed by atoms with Crippen molar-refractivity contribution in [1.82, 2.24) is 5.32 Å². The smallest absolute Gasteiger partial charge is 0.220 e. The molecule has 18 heavy (non-hydrogen) atoms. The van der Waals surface area contributed by atoms with Gasteiger partial charge in [0, 0.05) is 17.3 Å². The van der Waals surface area contributed by atoms with Crippen LogP contribution < -0.4 is 5.32 Å². The Balaban J connectivity index is 1.68. The fourth-order valence-electron chi connectivity index (χ4n) is 2.44. The van der Waals surface area contributed by atoms with E-state index in [-0.39, 0.29) is 5.91 Å². The Hall–Kier alpha value is -0.870. The lowest BCUT2D eigenvalue weighted by molar-refractivity contribution is -0.122. The molecular formula is C14H21NO2S. The summed E-state index contributed by atoms with van der Waals surface area (Å²) in [7, 11) is 0. The van der Waals surface area contributed by atoms with Crippen molar-refractivity contribution >= 4 is 17.2 Å². The molecule has 1 heterocycles. The van der Waals surface area contributed by atoms with Crippen LogP contribution in [0.25, 0.3) is 0 Å². The van der Waals surface area contributed by atoms with Crippen LogP contribution in [0, 0.1) is 0 Å². The van der Waals surface area contributed by atoms with Crippen molar-refractivity contribution in [3.63, 3.8) is 0 Å². The minimum absolute atomic E-state index is 0.0810. The number of nitrogens with one attached hydrogen (secondary N) is 1. The van der Waals surface area contributed by atoms with E-state index in [1.807, 2.05) is 17.5 Å². The van der Waals surface area contributed by atoms with Crippen molar-refractivity contribution in [1.29, 1.82) is 0 Å². The maximum atomic E-state index is 11.8. The van der Waals surface area contributed by atoms with E-state index >= 15 is 0 Å². The van der Waals surface area contributed by atoms with Gasteiger partial charge in [-0.1, -0.05) is 25.3 Å². The van der Waals surface area contributed by atoms with Crippen molar-refractivity contribution in [2.45, 2.75) is 57.1 Å². The molecule has 0 aliphatic heterocycles. The summed E-state index contributed by atoms with van der Waals surface area (Å²) < 4.78 is 0. The average Bonchev–Trinajstić information content (AvgIpc) is 2.91. The number of aliphatic hydroxyl groups is 1. The third kappa shape index (κ3) is 4.10. The minimum atomic E-state index is -0.498. The number of thiophene rings is 1. The molecule has 1 saturated carbocycles. The van der Waals surface area contributed by atoms with Gasteiger partial charge in [-0.2, -0.15) is 0 Å². The van der Waals surface area contributed by atoms with E-state index in [1.165, 1.54) is 30.6 Å². The Bertz CT molecular complexity index is 358. The SMILES string of the molecule is O=C(CCC(O)c1cccs1)NC1CCCCC1. The first-order chi connectivity index (χ1) is 8.75. The Kier molecular flexibility index (Phi) is 5.20. The molecule has 0 radical (unpaired) electrons. The second-order valence-corrected chi connectivity index (χ2v) is 5.95. The van der Waals surface area contributed by atoms with Gasteiger partial charge in [0.05, 0.1) is 6.10 Å². The first-order valence-corrected chi connectivity index (χ1v) is 7.64. The summed E-state index contributed by atoms with van der Waals surface area (Å²) in [6.45, 7) is 0. The summed E-state index contributed by atoms with van der Waals surface area (Å²) in [4.78, 5) is 12.7. The van der Waals surface area contributed by atoms with Crippen LogP contribution in [0.5, 0.6) is 0 Å². The minimum Gasteiger partial charge on any atom is -0.388 e. The second kappa shape index (κ2) is 6.90. The van der Waals surface area contributed by atoms with Gasteiger partial charge in [0.15, 0.2) is 0 Å². The molecule has 1 aliphatic rings. The van der Waals surface area contributed by atoms with Crippen LogP contribution in [0.15, 0.2) is 17.5 Å². The van der Waals surface area contributed by atoms with Crippen LogP contribution in [0.1, 0.15) is 55.9 Å². The molecule has 2 rings (SSSR count). The molecule has 1 aromatic rings. The number of amides is 1. The highest BCUT2D eigenvalue weighted by atomic mass is 32.1.